The maximum Gasteiger partial charge on any atom is 3.00 e. The minimum atomic E-state index is 0. The molecule has 7 heteroatoms. The normalized spacial score (nSPS) is 9.56. The Kier molecular flexibility index (Phi) is 13.6. The molecule has 0 saturated carbocycles. The number of methoxy groups -OCH3 is 3. The van der Waals surface area contributed by atoms with Gasteiger partial charge in [-0.15, -0.1) is 0 Å². The van der Waals surface area contributed by atoms with Gasteiger partial charge >= 0.3 is 20.1 Å². The van der Waals surface area contributed by atoms with Crippen molar-refractivity contribution in [1.82, 2.24) is 15.0 Å². The van der Waals surface area contributed by atoms with Gasteiger partial charge in [-0.25, -0.2) is 0 Å². The van der Waals surface area contributed by atoms with Crippen LogP contribution in [-0.4, -0.2) is 36.3 Å². The van der Waals surface area contributed by atoms with Gasteiger partial charge in [0.25, 0.3) is 0 Å². The van der Waals surface area contributed by atoms with Gasteiger partial charge in [0.15, 0.2) is 0 Å². The molecule has 0 unspecified atom stereocenters. The Morgan fingerprint density at radius 3 is 0.907 bits per heavy atom. The van der Waals surface area contributed by atoms with Crippen molar-refractivity contribution >= 4 is 0 Å². The van der Waals surface area contributed by atoms with Crippen LogP contribution in [0.1, 0.15) is 0 Å². The monoisotopic (exact) mass is 748 g/mol. The van der Waals surface area contributed by atoms with Crippen LogP contribution in [0.4, 0.5) is 0 Å². The number of hydrogen-bond donors (Lipinski definition) is 0. The Labute approximate surface area is 266 Å². The molecule has 0 aliphatic rings. The first-order valence-electron chi connectivity index (χ1n) is 13.4. The molecule has 0 aliphatic carbocycles. The van der Waals surface area contributed by atoms with Crippen molar-refractivity contribution in [3.63, 3.8) is 0 Å². The number of nitrogens with zero attached hydrogens (tertiary/aromatic N) is 3. The number of hydrogen-bond acceptors (Lipinski definition) is 6. The van der Waals surface area contributed by atoms with Crippen molar-refractivity contribution < 1.29 is 34.3 Å². The molecule has 0 aliphatic heterocycles. The van der Waals surface area contributed by atoms with E-state index in [1.807, 2.05) is 127 Å². The van der Waals surface area contributed by atoms with Gasteiger partial charge in [0.1, 0.15) is 17.2 Å². The van der Waals surface area contributed by atoms with Crippen LogP contribution in [0.5, 0.6) is 17.2 Å². The van der Waals surface area contributed by atoms with E-state index in [4.69, 9.17) is 14.2 Å². The Hall–Kier alpha value is -4.84. The van der Waals surface area contributed by atoms with Crippen LogP contribution in [0.15, 0.2) is 146 Å². The molecule has 6 aromatic rings. The Morgan fingerprint density at radius 2 is 0.674 bits per heavy atom. The van der Waals surface area contributed by atoms with E-state index in [0.29, 0.717) is 0 Å². The van der Waals surface area contributed by atoms with Crippen LogP contribution in [0.3, 0.4) is 0 Å². The summed E-state index contributed by atoms with van der Waals surface area (Å²) < 4.78 is 15.4. The van der Waals surface area contributed by atoms with Crippen molar-refractivity contribution in [2.45, 2.75) is 0 Å². The zero-order chi connectivity index (χ0) is 29.4. The fourth-order valence-corrected chi connectivity index (χ4v) is 3.95. The summed E-state index contributed by atoms with van der Waals surface area (Å²) in [5.41, 5.74) is 6.11. The standard InChI is InChI=1S/3C12H11NO.Ir/c3*1-14-11-6-4-5-10(9-11)12-7-2-3-8-13-12;/h3*2-9H,1H3;/q;;;+3. The van der Waals surface area contributed by atoms with Gasteiger partial charge in [0.2, 0.25) is 0 Å². The summed E-state index contributed by atoms with van der Waals surface area (Å²) in [7, 11) is 4.99. The van der Waals surface area contributed by atoms with Crippen LogP contribution < -0.4 is 14.2 Å². The van der Waals surface area contributed by atoms with E-state index < -0.39 is 0 Å². The maximum absolute atomic E-state index is 5.15. The van der Waals surface area contributed by atoms with Crippen LogP contribution >= 0.6 is 0 Å². The quantitative estimate of drug-likeness (QED) is 0.171. The van der Waals surface area contributed by atoms with Gasteiger partial charge in [0.05, 0.1) is 38.4 Å². The van der Waals surface area contributed by atoms with Crippen LogP contribution in [0.2, 0.25) is 0 Å². The van der Waals surface area contributed by atoms with Crippen molar-refractivity contribution in [1.29, 1.82) is 0 Å². The van der Waals surface area contributed by atoms with E-state index >= 15 is 0 Å². The maximum atomic E-state index is 5.15. The van der Waals surface area contributed by atoms with E-state index in [0.717, 1.165) is 51.0 Å². The molecular weight excluding hydrogens is 715 g/mol. The van der Waals surface area contributed by atoms with Gasteiger partial charge < -0.3 is 14.2 Å². The molecule has 43 heavy (non-hydrogen) atoms. The number of pyridine rings is 3. The number of ether oxygens (including phenoxy) is 3. The molecular formula is C36H33IrN3O3+3. The van der Waals surface area contributed by atoms with Crippen molar-refractivity contribution in [3.8, 4) is 51.0 Å². The second-order valence-corrected chi connectivity index (χ2v) is 8.84. The van der Waals surface area contributed by atoms with E-state index in [1.165, 1.54) is 0 Å². The molecule has 0 fully saturated rings. The molecule has 0 spiro atoms. The molecule has 3 heterocycles. The minimum absolute atomic E-state index is 0. The van der Waals surface area contributed by atoms with E-state index in [2.05, 4.69) is 15.0 Å². The molecule has 0 saturated heterocycles. The van der Waals surface area contributed by atoms with Gasteiger partial charge in [-0.05, 0) is 72.8 Å². The first kappa shape index (κ1) is 32.7. The van der Waals surface area contributed by atoms with E-state index in [-0.39, 0.29) is 20.1 Å². The topological polar surface area (TPSA) is 66.4 Å². The third kappa shape index (κ3) is 10.2. The van der Waals surface area contributed by atoms with Gasteiger partial charge in [-0.2, -0.15) is 0 Å². The molecule has 0 amide bonds. The third-order valence-corrected chi connectivity index (χ3v) is 6.09. The van der Waals surface area contributed by atoms with Crippen LogP contribution in [-0.2, 0) is 20.1 Å². The third-order valence-electron chi connectivity index (χ3n) is 6.09. The van der Waals surface area contributed by atoms with Crippen molar-refractivity contribution in [3.05, 3.63) is 146 Å². The average molecular weight is 748 g/mol. The summed E-state index contributed by atoms with van der Waals surface area (Å²) in [5, 5.41) is 0. The molecule has 0 radical (unpaired) electrons. The summed E-state index contributed by atoms with van der Waals surface area (Å²) in [6.07, 6.45) is 5.36. The molecule has 3 aromatic heterocycles. The molecule has 3 aromatic carbocycles. The van der Waals surface area contributed by atoms with Crippen LogP contribution in [0, 0.1) is 0 Å². The number of rotatable bonds is 6. The van der Waals surface area contributed by atoms with Gasteiger partial charge in [-0.1, -0.05) is 54.6 Å². The molecule has 0 N–H and O–H groups in total. The average Bonchev–Trinajstić information content (AvgIpc) is 3.10. The van der Waals surface area contributed by atoms with Crippen molar-refractivity contribution in [2.24, 2.45) is 0 Å². The largest absolute Gasteiger partial charge is 3.00 e. The second-order valence-electron chi connectivity index (χ2n) is 8.84. The van der Waals surface area contributed by atoms with Crippen molar-refractivity contribution in [2.75, 3.05) is 21.3 Å². The molecule has 6 rings (SSSR count). The number of benzene rings is 3. The van der Waals surface area contributed by atoms with Gasteiger partial charge in [0, 0.05) is 35.3 Å². The summed E-state index contributed by atoms with van der Waals surface area (Å²) in [5.74, 6) is 2.56. The summed E-state index contributed by atoms with van der Waals surface area (Å²) in [6.45, 7) is 0. The van der Waals surface area contributed by atoms with Gasteiger partial charge in [-0.3, -0.25) is 15.0 Å². The second kappa shape index (κ2) is 17.9. The SMILES string of the molecule is COc1cccc(-c2ccccn2)c1.COc1cccc(-c2ccccn2)c1.COc1cccc(-c2ccccn2)c1.[Ir+3]. The number of aromatic nitrogens is 3. The summed E-state index contributed by atoms with van der Waals surface area (Å²) in [4.78, 5) is 12.8. The fourth-order valence-electron chi connectivity index (χ4n) is 3.95. The molecule has 0 atom stereocenters. The fraction of sp³-hybridized carbons (Fsp3) is 0.0833. The predicted molar refractivity (Wildman–Crippen MR) is 169 cm³/mol. The van der Waals surface area contributed by atoms with E-state index in [1.54, 1.807) is 39.9 Å². The zero-order valence-corrected chi connectivity index (χ0v) is 26.7. The summed E-state index contributed by atoms with van der Waals surface area (Å²) >= 11 is 0. The molecule has 6 nitrogen and oxygen atoms in total. The first-order chi connectivity index (χ1) is 20.7. The Morgan fingerprint density at radius 1 is 0.372 bits per heavy atom. The molecule has 216 valence electrons. The first-order valence-corrected chi connectivity index (χ1v) is 13.4. The Balaban J connectivity index is 0.000000175. The van der Waals surface area contributed by atoms with E-state index in [9.17, 15) is 0 Å². The van der Waals surface area contributed by atoms with Crippen LogP contribution in [0.25, 0.3) is 33.8 Å². The summed E-state index contributed by atoms with van der Waals surface area (Å²) in [6, 6.07) is 41.2. The Bertz CT molecular complexity index is 1440. The minimum Gasteiger partial charge on any atom is -0.497 e. The zero-order valence-electron chi connectivity index (χ0n) is 24.3. The smallest absolute Gasteiger partial charge is 0.497 e. The molecule has 0 bridgehead atoms. The predicted octanol–water partition coefficient (Wildman–Crippen LogP) is 8.27.